The molecule has 0 aliphatic rings. The third-order valence-corrected chi connectivity index (χ3v) is 10.4. The third-order valence-electron chi connectivity index (χ3n) is 8.36. The maximum Gasteiger partial charge on any atom is 0.216 e. The van der Waals surface area contributed by atoms with Crippen molar-refractivity contribution < 1.29 is 24.5 Å². The van der Waals surface area contributed by atoms with Crippen LogP contribution in [0.25, 0.3) is 55.8 Å². The first kappa shape index (κ1) is 34.1. The van der Waals surface area contributed by atoms with Crippen molar-refractivity contribution in [1.29, 1.82) is 0 Å². The van der Waals surface area contributed by atoms with E-state index >= 15 is 0 Å². The van der Waals surface area contributed by atoms with Crippen molar-refractivity contribution in [2.24, 2.45) is 0 Å². The maximum atomic E-state index is 6.30. The second kappa shape index (κ2) is 14.3. The van der Waals surface area contributed by atoms with Crippen LogP contribution in [0.3, 0.4) is 0 Å². The van der Waals surface area contributed by atoms with Gasteiger partial charge in [0.25, 0.3) is 0 Å². The first-order valence-electron chi connectivity index (χ1n) is 15.8. The van der Waals surface area contributed by atoms with Crippen LogP contribution < -0.4 is 5.19 Å². The largest absolute Gasteiger partial charge is 0.486 e. The van der Waals surface area contributed by atoms with E-state index in [-0.39, 0.29) is 20.1 Å². The molecule has 0 spiro atoms. The molecule has 0 aliphatic carbocycles. The van der Waals surface area contributed by atoms with E-state index in [0.29, 0.717) is 11.6 Å². The molecular weight excluding hydrogens is 771 g/mol. The van der Waals surface area contributed by atoms with E-state index in [0.717, 1.165) is 50.1 Å². The normalized spacial score (nSPS) is 11.3. The molecule has 7 rings (SSSR count). The van der Waals surface area contributed by atoms with Crippen LogP contribution in [0.2, 0.25) is 19.6 Å². The smallest absolute Gasteiger partial charge is 0.216 e. The van der Waals surface area contributed by atoms with Gasteiger partial charge >= 0.3 is 0 Å². The summed E-state index contributed by atoms with van der Waals surface area (Å²) in [5.41, 5.74) is 11.0. The standard InChI is InChI=1S/C27H23N2O.C14H16NSi.Ir/c1-16(2)19-13-14-28-24(15-19)22-10-6-9-20-21-11-12-23(29-27(21)30-26(20)22)25-17(3)7-5-8-18(25)4;1-16(2,3)13-9-10-14(15-11-13)12-7-5-4-6-8-12;/h5-9,11-16H,1-4H3;4-7,9-11H,1-3H3;/q2*-1;. The van der Waals surface area contributed by atoms with Gasteiger partial charge in [0.2, 0.25) is 5.71 Å². The van der Waals surface area contributed by atoms with Gasteiger partial charge < -0.3 is 14.4 Å². The van der Waals surface area contributed by atoms with Crippen molar-refractivity contribution in [2.75, 3.05) is 0 Å². The van der Waals surface area contributed by atoms with Crippen molar-refractivity contribution in [2.45, 2.75) is 53.3 Å². The SMILES string of the molecule is C[Si](C)(C)c1ccc(-c2[c-]cccc2)nc1.Cc1cccc(C)c1-c1ccc2c(n1)oc1c(-c3cc(C(C)C)ccn3)[c-]ccc12.[Ir]. The Kier molecular flexibility index (Phi) is 10.4. The van der Waals surface area contributed by atoms with Crippen molar-refractivity contribution in [3.05, 3.63) is 132 Å². The minimum atomic E-state index is -1.23. The fraction of sp³-hybridized carbons (Fsp3) is 0.195. The molecule has 4 aromatic heterocycles. The van der Waals surface area contributed by atoms with Crippen LogP contribution >= 0.6 is 0 Å². The van der Waals surface area contributed by atoms with Crippen LogP contribution in [0.5, 0.6) is 0 Å². The van der Waals surface area contributed by atoms with Gasteiger partial charge in [0.15, 0.2) is 0 Å². The Hall–Kier alpha value is -4.22. The summed E-state index contributed by atoms with van der Waals surface area (Å²) in [7, 11) is -1.23. The maximum absolute atomic E-state index is 6.30. The minimum Gasteiger partial charge on any atom is -0.486 e. The van der Waals surface area contributed by atoms with Gasteiger partial charge in [-0.15, -0.1) is 54.1 Å². The predicted octanol–water partition coefficient (Wildman–Crippen LogP) is 10.3. The van der Waals surface area contributed by atoms with E-state index < -0.39 is 8.07 Å². The van der Waals surface area contributed by atoms with Gasteiger partial charge in [-0.25, -0.2) is 4.98 Å². The Morgan fingerprint density at radius 1 is 0.723 bits per heavy atom. The zero-order valence-electron chi connectivity index (χ0n) is 28.0. The summed E-state index contributed by atoms with van der Waals surface area (Å²) in [5, 5.41) is 3.44. The van der Waals surface area contributed by atoms with Crippen LogP contribution in [0.1, 0.15) is 36.5 Å². The fourth-order valence-corrected chi connectivity index (χ4v) is 6.70. The van der Waals surface area contributed by atoms with Crippen molar-refractivity contribution in [3.8, 4) is 33.8 Å². The fourth-order valence-electron chi connectivity index (χ4n) is 5.66. The monoisotopic (exact) mass is 810 g/mol. The van der Waals surface area contributed by atoms with Gasteiger partial charge in [-0.1, -0.05) is 86.4 Å². The zero-order chi connectivity index (χ0) is 32.4. The van der Waals surface area contributed by atoms with Crippen molar-refractivity contribution in [1.82, 2.24) is 15.0 Å². The molecule has 0 fully saturated rings. The van der Waals surface area contributed by atoms with E-state index in [4.69, 9.17) is 9.40 Å². The summed E-state index contributed by atoms with van der Waals surface area (Å²) in [6, 6.07) is 37.4. The number of hydrogen-bond donors (Lipinski definition) is 0. The number of hydrogen-bond acceptors (Lipinski definition) is 4. The minimum absolute atomic E-state index is 0. The van der Waals surface area contributed by atoms with Gasteiger partial charge in [0.1, 0.15) is 0 Å². The first-order chi connectivity index (χ1) is 22.1. The van der Waals surface area contributed by atoms with E-state index in [1.54, 1.807) is 0 Å². The van der Waals surface area contributed by atoms with E-state index in [2.05, 4.69) is 124 Å². The molecule has 239 valence electrons. The second-order valence-corrected chi connectivity index (χ2v) is 18.2. The molecule has 0 aliphatic heterocycles. The summed E-state index contributed by atoms with van der Waals surface area (Å²) < 4.78 is 6.30. The van der Waals surface area contributed by atoms with Crippen LogP contribution in [0.4, 0.5) is 0 Å². The Morgan fingerprint density at radius 3 is 2.15 bits per heavy atom. The average molecular weight is 810 g/mol. The van der Waals surface area contributed by atoms with Gasteiger partial charge in [0, 0.05) is 43.4 Å². The second-order valence-electron chi connectivity index (χ2n) is 13.1. The third kappa shape index (κ3) is 7.36. The summed E-state index contributed by atoms with van der Waals surface area (Å²) in [5.74, 6) is 0.434. The molecule has 0 unspecified atom stereocenters. The molecule has 1 radical (unpaired) electrons. The van der Waals surface area contributed by atoms with Crippen LogP contribution in [-0.4, -0.2) is 23.0 Å². The number of pyridine rings is 3. The Bertz CT molecular complexity index is 2110. The number of benzene rings is 3. The number of aryl methyl sites for hydroxylation is 2. The Balaban J connectivity index is 0.000000217. The molecule has 0 bridgehead atoms. The summed E-state index contributed by atoms with van der Waals surface area (Å²) in [6.07, 6.45) is 3.87. The quantitative estimate of drug-likeness (QED) is 0.128. The Morgan fingerprint density at radius 2 is 1.49 bits per heavy atom. The van der Waals surface area contributed by atoms with Crippen molar-refractivity contribution >= 4 is 35.3 Å². The topological polar surface area (TPSA) is 51.8 Å². The van der Waals surface area contributed by atoms with E-state index in [9.17, 15) is 0 Å². The first-order valence-corrected chi connectivity index (χ1v) is 19.3. The average Bonchev–Trinajstić information content (AvgIpc) is 3.43. The molecular formula is C41H39IrN3OSi-2. The Labute approximate surface area is 292 Å². The molecule has 0 saturated carbocycles. The van der Waals surface area contributed by atoms with Gasteiger partial charge in [-0.05, 0) is 65.7 Å². The molecule has 0 atom stereocenters. The zero-order valence-corrected chi connectivity index (χ0v) is 31.4. The molecule has 7 aromatic rings. The molecule has 4 heterocycles. The molecule has 47 heavy (non-hydrogen) atoms. The van der Waals surface area contributed by atoms with Crippen LogP contribution in [0, 0.1) is 26.0 Å². The van der Waals surface area contributed by atoms with Crippen molar-refractivity contribution in [3.63, 3.8) is 0 Å². The predicted molar refractivity (Wildman–Crippen MR) is 194 cm³/mol. The van der Waals surface area contributed by atoms with Gasteiger partial charge in [0.05, 0.1) is 19.4 Å². The summed E-state index contributed by atoms with van der Waals surface area (Å²) in [6.45, 7) is 15.6. The molecule has 0 amide bonds. The number of fused-ring (bicyclic) bond motifs is 3. The molecule has 0 N–H and O–H groups in total. The number of rotatable bonds is 5. The van der Waals surface area contributed by atoms with Gasteiger partial charge in [-0.2, -0.15) is 0 Å². The van der Waals surface area contributed by atoms with Crippen LogP contribution in [0.15, 0.2) is 108 Å². The van der Waals surface area contributed by atoms with E-state index in [1.165, 1.54) is 21.9 Å². The van der Waals surface area contributed by atoms with Crippen LogP contribution in [-0.2, 0) is 20.1 Å². The molecule has 0 saturated heterocycles. The molecule has 3 aromatic carbocycles. The summed E-state index contributed by atoms with van der Waals surface area (Å²) >= 11 is 0. The number of nitrogens with zero attached hydrogens (tertiary/aromatic N) is 3. The van der Waals surface area contributed by atoms with E-state index in [1.807, 2.05) is 48.8 Å². The number of furan rings is 1. The van der Waals surface area contributed by atoms with Gasteiger partial charge in [-0.3, -0.25) is 0 Å². The molecule has 6 heteroatoms. The molecule has 4 nitrogen and oxygen atoms in total. The summed E-state index contributed by atoms with van der Waals surface area (Å²) in [4.78, 5) is 14.0. The number of aromatic nitrogens is 3.